The van der Waals surface area contributed by atoms with Gasteiger partial charge < -0.3 is 18.5 Å². The van der Waals surface area contributed by atoms with Crippen LogP contribution in [0.25, 0.3) is 11.3 Å². The summed E-state index contributed by atoms with van der Waals surface area (Å²) in [4.78, 5) is 37.0. The van der Waals surface area contributed by atoms with Crippen molar-refractivity contribution in [2.24, 2.45) is 5.10 Å². The van der Waals surface area contributed by atoms with Gasteiger partial charge >= 0.3 is 5.97 Å². The summed E-state index contributed by atoms with van der Waals surface area (Å²) in [6.07, 6.45) is 3.11. The number of nitriles is 1. The quantitative estimate of drug-likeness (QED) is 0.183. The minimum absolute atomic E-state index is 0.0618. The van der Waals surface area contributed by atoms with Gasteiger partial charge in [-0.05, 0) is 43.7 Å². The van der Waals surface area contributed by atoms with Gasteiger partial charge in [0.15, 0.2) is 0 Å². The van der Waals surface area contributed by atoms with Crippen LogP contribution in [0.4, 0.5) is 0 Å². The standard InChI is InChI=1S/C27H28N4O6/c1-4-5-12-36-27(34)20-8-6-19(7-9-20)24-11-10-22(37-24)15-29-30-25(32)16-31-18(2)13-21(17-35-3)23(14-28)26(31)33/h6-11,13,15H,4-5,12,16-17H2,1-3H3,(H,30,32)/b29-15+. The van der Waals surface area contributed by atoms with Crippen LogP contribution in [0.15, 0.2) is 56.8 Å². The largest absolute Gasteiger partial charge is 0.462 e. The van der Waals surface area contributed by atoms with Crippen LogP contribution in [0.3, 0.4) is 0 Å². The molecule has 0 aliphatic carbocycles. The highest BCUT2D eigenvalue weighted by Gasteiger charge is 2.15. The number of methoxy groups -OCH3 is 1. The molecule has 0 saturated carbocycles. The van der Waals surface area contributed by atoms with Crippen molar-refractivity contribution in [3.05, 3.63) is 81.0 Å². The lowest BCUT2D eigenvalue weighted by atomic mass is 10.1. The highest BCUT2D eigenvalue weighted by atomic mass is 16.5. The van der Waals surface area contributed by atoms with E-state index in [2.05, 4.69) is 10.5 Å². The van der Waals surface area contributed by atoms with Gasteiger partial charge in [0.25, 0.3) is 11.5 Å². The van der Waals surface area contributed by atoms with Crippen LogP contribution < -0.4 is 11.0 Å². The molecule has 2 aromatic heterocycles. The number of rotatable bonds is 11. The molecule has 192 valence electrons. The van der Waals surface area contributed by atoms with Gasteiger partial charge in [0.05, 0.1) is 25.0 Å². The predicted molar refractivity (Wildman–Crippen MR) is 136 cm³/mol. The molecule has 0 atom stereocenters. The lowest BCUT2D eigenvalue weighted by Crippen LogP contribution is -2.33. The third-order valence-corrected chi connectivity index (χ3v) is 5.45. The van der Waals surface area contributed by atoms with Crippen molar-refractivity contribution in [3.63, 3.8) is 0 Å². The molecule has 37 heavy (non-hydrogen) atoms. The van der Waals surface area contributed by atoms with Gasteiger partial charge in [0.2, 0.25) is 0 Å². The van der Waals surface area contributed by atoms with Crippen molar-refractivity contribution in [1.29, 1.82) is 5.26 Å². The number of pyridine rings is 1. The third kappa shape index (κ3) is 7.02. The van der Waals surface area contributed by atoms with Crippen molar-refractivity contribution >= 4 is 18.1 Å². The Bertz CT molecular complexity index is 1380. The number of hydrogen-bond donors (Lipinski definition) is 1. The summed E-state index contributed by atoms with van der Waals surface area (Å²) in [5.41, 5.74) is 3.93. The predicted octanol–water partition coefficient (Wildman–Crippen LogP) is 3.54. The summed E-state index contributed by atoms with van der Waals surface area (Å²) in [6.45, 7) is 3.91. The zero-order valence-corrected chi connectivity index (χ0v) is 20.9. The van der Waals surface area contributed by atoms with E-state index in [1.54, 1.807) is 49.4 Å². The zero-order chi connectivity index (χ0) is 26.8. The van der Waals surface area contributed by atoms with Crippen molar-refractivity contribution in [1.82, 2.24) is 9.99 Å². The van der Waals surface area contributed by atoms with Crippen molar-refractivity contribution in [3.8, 4) is 17.4 Å². The fourth-order valence-corrected chi connectivity index (χ4v) is 3.51. The summed E-state index contributed by atoms with van der Waals surface area (Å²) >= 11 is 0. The number of nitrogens with one attached hydrogen (secondary N) is 1. The lowest BCUT2D eigenvalue weighted by Gasteiger charge is -2.12. The molecule has 0 aliphatic heterocycles. The van der Waals surface area contributed by atoms with Crippen LogP contribution in [0.2, 0.25) is 0 Å². The van der Waals surface area contributed by atoms with E-state index in [1.165, 1.54) is 17.9 Å². The van der Waals surface area contributed by atoms with Gasteiger partial charge in [-0.1, -0.05) is 25.5 Å². The first-order valence-electron chi connectivity index (χ1n) is 11.7. The second-order valence-corrected chi connectivity index (χ2v) is 8.18. The minimum Gasteiger partial charge on any atom is -0.462 e. The van der Waals surface area contributed by atoms with Gasteiger partial charge in [0.1, 0.15) is 29.7 Å². The molecule has 0 fully saturated rings. The third-order valence-electron chi connectivity index (χ3n) is 5.45. The smallest absolute Gasteiger partial charge is 0.338 e. The van der Waals surface area contributed by atoms with E-state index in [-0.39, 0.29) is 24.7 Å². The van der Waals surface area contributed by atoms with E-state index in [9.17, 15) is 19.6 Å². The Morgan fingerprint density at radius 1 is 1.22 bits per heavy atom. The molecule has 0 spiro atoms. The van der Waals surface area contributed by atoms with Gasteiger partial charge in [-0.15, -0.1) is 0 Å². The molecule has 1 aromatic carbocycles. The molecule has 3 rings (SSSR count). The van der Waals surface area contributed by atoms with E-state index >= 15 is 0 Å². The molecule has 1 N–H and O–H groups in total. The molecule has 0 radical (unpaired) electrons. The summed E-state index contributed by atoms with van der Waals surface area (Å²) in [5.74, 6) is 0.0386. The van der Waals surface area contributed by atoms with Crippen LogP contribution in [0, 0.1) is 18.3 Å². The van der Waals surface area contributed by atoms with Crippen LogP contribution in [0.1, 0.15) is 52.7 Å². The normalized spacial score (nSPS) is 10.9. The number of aromatic nitrogens is 1. The Hall–Kier alpha value is -4.49. The number of hydrazone groups is 1. The number of nitrogens with zero attached hydrogens (tertiary/aromatic N) is 3. The van der Waals surface area contributed by atoms with Crippen LogP contribution in [-0.4, -0.2) is 36.4 Å². The molecule has 0 aliphatic rings. The second-order valence-electron chi connectivity index (χ2n) is 8.18. The van der Waals surface area contributed by atoms with Crippen LogP contribution in [0.5, 0.6) is 0 Å². The van der Waals surface area contributed by atoms with E-state index in [4.69, 9.17) is 13.9 Å². The molecule has 0 unspecified atom stereocenters. The Morgan fingerprint density at radius 2 is 1.97 bits per heavy atom. The highest BCUT2D eigenvalue weighted by molar-refractivity contribution is 5.90. The average Bonchev–Trinajstić information content (AvgIpc) is 3.36. The Balaban J connectivity index is 1.60. The first-order valence-corrected chi connectivity index (χ1v) is 11.7. The number of esters is 1. The average molecular weight is 505 g/mol. The fourth-order valence-electron chi connectivity index (χ4n) is 3.51. The van der Waals surface area contributed by atoms with Gasteiger partial charge in [-0.3, -0.25) is 9.59 Å². The molecule has 0 saturated heterocycles. The molecule has 0 bridgehead atoms. The van der Waals surface area contributed by atoms with E-state index < -0.39 is 11.5 Å². The summed E-state index contributed by atoms with van der Waals surface area (Å²) in [6, 6.07) is 13.8. The first-order chi connectivity index (χ1) is 17.9. The maximum atomic E-state index is 12.6. The number of amides is 1. The number of hydrogen-bond acceptors (Lipinski definition) is 8. The second kappa shape index (κ2) is 13.0. The Labute approximate surface area is 214 Å². The number of carbonyl (C=O) groups is 2. The van der Waals surface area contributed by atoms with Gasteiger partial charge in [-0.25, -0.2) is 10.2 Å². The molecule has 2 heterocycles. The highest BCUT2D eigenvalue weighted by Crippen LogP contribution is 2.22. The van der Waals surface area contributed by atoms with Gasteiger partial charge in [0, 0.05) is 23.9 Å². The summed E-state index contributed by atoms with van der Waals surface area (Å²) in [5, 5.41) is 13.2. The minimum atomic E-state index is -0.565. The van der Waals surface area contributed by atoms with E-state index in [0.29, 0.717) is 34.9 Å². The summed E-state index contributed by atoms with van der Waals surface area (Å²) < 4.78 is 17.2. The molecular weight excluding hydrogens is 476 g/mol. The van der Waals surface area contributed by atoms with E-state index in [1.807, 2.05) is 13.0 Å². The number of carbonyl (C=O) groups excluding carboxylic acids is 2. The fraction of sp³-hybridized carbons (Fsp3) is 0.296. The lowest BCUT2D eigenvalue weighted by molar-refractivity contribution is -0.121. The van der Waals surface area contributed by atoms with Crippen LogP contribution in [-0.2, 0) is 27.4 Å². The van der Waals surface area contributed by atoms with Crippen molar-refractivity contribution < 1.29 is 23.5 Å². The molecule has 10 nitrogen and oxygen atoms in total. The Morgan fingerprint density at radius 3 is 2.65 bits per heavy atom. The van der Waals surface area contributed by atoms with E-state index in [0.717, 1.165) is 18.4 Å². The maximum absolute atomic E-state index is 12.6. The van der Waals surface area contributed by atoms with Gasteiger partial charge in [-0.2, -0.15) is 10.4 Å². The molecular formula is C27H28N4O6. The topological polar surface area (TPSA) is 136 Å². The number of unbranched alkanes of at least 4 members (excludes halogenated alkanes) is 1. The Kier molecular flexibility index (Phi) is 9.52. The SMILES string of the molecule is CCCCOC(=O)c1ccc(-c2ccc(/C=N/NC(=O)Cn3c(C)cc(COC)c(C#N)c3=O)o2)cc1. The molecule has 1 amide bonds. The monoisotopic (exact) mass is 504 g/mol. The maximum Gasteiger partial charge on any atom is 0.338 e. The first kappa shape index (κ1) is 27.1. The summed E-state index contributed by atoms with van der Waals surface area (Å²) in [7, 11) is 1.47. The number of ether oxygens (including phenoxy) is 2. The number of benzene rings is 1. The number of furan rings is 1. The van der Waals surface area contributed by atoms with Crippen molar-refractivity contribution in [2.45, 2.75) is 39.8 Å². The zero-order valence-electron chi connectivity index (χ0n) is 20.9. The molecule has 3 aromatic rings. The number of aryl methyl sites for hydroxylation is 1. The molecule has 10 heteroatoms. The van der Waals surface area contributed by atoms with Crippen molar-refractivity contribution in [2.75, 3.05) is 13.7 Å². The van der Waals surface area contributed by atoms with Crippen LogP contribution >= 0.6 is 0 Å².